The van der Waals surface area contributed by atoms with Gasteiger partial charge in [-0.3, -0.25) is 0 Å². The van der Waals surface area contributed by atoms with Gasteiger partial charge in [0.1, 0.15) is 11.9 Å². The zero-order valence-corrected chi connectivity index (χ0v) is 14.4. The number of hydrogen-bond donors (Lipinski definition) is 1. The van der Waals surface area contributed by atoms with Crippen LogP contribution >= 0.6 is 27.7 Å². The van der Waals surface area contributed by atoms with Gasteiger partial charge in [-0.2, -0.15) is 11.8 Å². The van der Waals surface area contributed by atoms with Gasteiger partial charge in [0.2, 0.25) is 0 Å². The minimum absolute atomic E-state index is 0.000222. The molecule has 1 spiro atoms. The second kappa shape index (κ2) is 6.90. The third-order valence-electron chi connectivity index (χ3n) is 4.34. The van der Waals surface area contributed by atoms with Crippen molar-refractivity contribution < 1.29 is 14.6 Å². The van der Waals surface area contributed by atoms with E-state index in [1.165, 1.54) is 11.5 Å². The van der Waals surface area contributed by atoms with E-state index in [0.717, 1.165) is 48.1 Å². The van der Waals surface area contributed by atoms with Gasteiger partial charge >= 0.3 is 0 Å². The standard InChI is InChI=1S/C16H21BrO3S/c17-13-1-2-15(12(9-13)11-18)20-14-3-6-19-16(10-14)4-7-21-8-5-16/h1-2,9,14,18H,3-8,10-11H2. The molecule has 0 aromatic heterocycles. The van der Waals surface area contributed by atoms with Crippen molar-refractivity contribution in [2.45, 2.75) is 44.0 Å². The molecule has 21 heavy (non-hydrogen) atoms. The summed E-state index contributed by atoms with van der Waals surface area (Å²) in [5.74, 6) is 3.17. The molecule has 0 amide bonds. The normalized spacial score (nSPS) is 25.0. The van der Waals surface area contributed by atoms with Crippen LogP contribution < -0.4 is 4.74 Å². The maximum Gasteiger partial charge on any atom is 0.125 e. The Labute approximate surface area is 138 Å². The first-order chi connectivity index (χ1) is 10.2. The molecule has 3 rings (SSSR count). The van der Waals surface area contributed by atoms with Crippen LogP contribution in [0.25, 0.3) is 0 Å². The minimum atomic E-state index is -0.000222. The van der Waals surface area contributed by atoms with Gasteiger partial charge in [-0.15, -0.1) is 0 Å². The summed E-state index contributed by atoms with van der Waals surface area (Å²) in [6.07, 6.45) is 4.34. The average molecular weight is 373 g/mol. The van der Waals surface area contributed by atoms with Crippen molar-refractivity contribution in [2.75, 3.05) is 18.1 Å². The fraction of sp³-hybridized carbons (Fsp3) is 0.625. The molecule has 2 fully saturated rings. The van der Waals surface area contributed by atoms with E-state index in [-0.39, 0.29) is 18.3 Å². The van der Waals surface area contributed by atoms with Crippen LogP contribution in [0.4, 0.5) is 0 Å². The van der Waals surface area contributed by atoms with Crippen LogP contribution in [-0.2, 0) is 11.3 Å². The summed E-state index contributed by atoms with van der Waals surface area (Å²) in [6, 6.07) is 5.82. The van der Waals surface area contributed by atoms with E-state index in [9.17, 15) is 5.11 Å². The van der Waals surface area contributed by atoms with Crippen molar-refractivity contribution in [2.24, 2.45) is 0 Å². The summed E-state index contributed by atoms with van der Waals surface area (Å²) in [4.78, 5) is 0. The van der Waals surface area contributed by atoms with Gasteiger partial charge in [0.05, 0.1) is 18.8 Å². The lowest BCUT2D eigenvalue weighted by Gasteiger charge is -2.43. The highest BCUT2D eigenvalue weighted by molar-refractivity contribution is 9.10. The predicted octanol–water partition coefficient (Wildman–Crippen LogP) is 3.77. The molecule has 0 saturated carbocycles. The van der Waals surface area contributed by atoms with Crippen LogP contribution in [0.15, 0.2) is 22.7 Å². The lowest BCUT2D eigenvalue weighted by Crippen LogP contribution is -2.46. The number of hydrogen-bond acceptors (Lipinski definition) is 4. The van der Waals surface area contributed by atoms with Gasteiger partial charge in [0.15, 0.2) is 0 Å². The molecule has 3 nitrogen and oxygen atoms in total. The van der Waals surface area contributed by atoms with Crippen LogP contribution in [-0.4, -0.2) is 34.9 Å². The molecule has 2 heterocycles. The SMILES string of the molecule is OCc1cc(Br)ccc1OC1CCOC2(CCSCC2)C1. The molecule has 1 aromatic carbocycles. The molecule has 1 aromatic rings. The van der Waals surface area contributed by atoms with Crippen molar-refractivity contribution in [1.29, 1.82) is 0 Å². The Bertz CT molecular complexity index is 483. The summed E-state index contributed by atoms with van der Waals surface area (Å²) in [5, 5.41) is 9.49. The fourth-order valence-electron chi connectivity index (χ4n) is 3.14. The van der Waals surface area contributed by atoms with Crippen LogP contribution in [0, 0.1) is 0 Å². The van der Waals surface area contributed by atoms with Crippen molar-refractivity contribution in [3.8, 4) is 5.75 Å². The summed E-state index contributed by atoms with van der Waals surface area (Å²) < 4.78 is 13.3. The smallest absolute Gasteiger partial charge is 0.125 e. The molecule has 0 aliphatic carbocycles. The molecule has 2 aliphatic rings. The van der Waals surface area contributed by atoms with Crippen LogP contribution in [0.1, 0.15) is 31.2 Å². The van der Waals surface area contributed by atoms with Gasteiger partial charge in [-0.05, 0) is 42.5 Å². The van der Waals surface area contributed by atoms with Crippen LogP contribution in [0.2, 0.25) is 0 Å². The Morgan fingerprint density at radius 1 is 1.38 bits per heavy atom. The minimum Gasteiger partial charge on any atom is -0.490 e. The molecule has 2 aliphatic heterocycles. The van der Waals surface area contributed by atoms with Crippen molar-refractivity contribution in [3.05, 3.63) is 28.2 Å². The second-order valence-electron chi connectivity index (χ2n) is 5.79. The number of aliphatic hydroxyl groups is 1. The monoisotopic (exact) mass is 372 g/mol. The van der Waals surface area contributed by atoms with Gasteiger partial charge in [0, 0.05) is 22.9 Å². The number of aliphatic hydroxyl groups excluding tert-OH is 1. The molecule has 0 bridgehead atoms. The number of ether oxygens (including phenoxy) is 2. The highest BCUT2D eigenvalue weighted by Crippen LogP contribution is 2.39. The molecule has 1 unspecified atom stereocenters. The lowest BCUT2D eigenvalue weighted by atomic mass is 9.86. The molecule has 5 heteroatoms. The Balaban J connectivity index is 1.70. The van der Waals surface area contributed by atoms with E-state index in [4.69, 9.17) is 9.47 Å². The molecular weight excluding hydrogens is 352 g/mol. The molecule has 1 atom stereocenters. The first-order valence-electron chi connectivity index (χ1n) is 7.48. The van der Waals surface area contributed by atoms with Gasteiger partial charge in [0.25, 0.3) is 0 Å². The van der Waals surface area contributed by atoms with Gasteiger partial charge < -0.3 is 14.6 Å². The highest BCUT2D eigenvalue weighted by Gasteiger charge is 2.39. The summed E-state index contributed by atoms with van der Waals surface area (Å²) >= 11 is 5.45. The largest absolute Gasteiger partial charge is 0.490 e. The number of halogens is 1. The summed E-state index contributed by atoms with van der Waals surface area (Å²) in [6.45, 7) is 0.778. The van der Waals surface area contributed by atoms with Gasteiger partial charge in [-0.1, -0.05) is 15.9 Å². The number of benzene rings is 1. The van der Waals surface area contributed by atoms with E-state index in [0.29, 0.717) is 0 Å². The second-order valence-corrected chi connectivity index (χ2v) is 7.93. The predicted molar refractivity (Wildman–Crippen MR) is 89.0 cm³/mol. The zero-order valence-electron chi connectivity index (χ0n) is 12.0. The average Bonchev–Trinajstić information content (AvgIpc) is 2.50. The topological polar surface area (TPSA) is 38.7 Å². The van der Waals surface area contributed by atoms with Crippen molar-refractivity contribution >= 4 is 27.7 Å². The Kier molecular flexibility index (Phi) is 5.15. The lowest BCUT2D eigenvalue weighted by molar-refractivity contribution is -0.116. The Morgan fingerprint density at radius 2 is 2.19 bits per heavy atom. The van der Waals surface area contributed by atoms with Crippen LogP contribution in [0.5, 0.6) is 5.75 Å². The first kappa shape index (κ1) is 15.7. The fourth-order valence-corrected chi connectivity index (χ4v) is 4.79. The van der Waals surface area contributed by atoms with E-state index < -0.39 is 0 Å². The van der Waals surface area contributed by atoms with E-state index in [1.54, 1.807) is 0 Å². The van der Waals surface area contributed by atoms with Crippen molar-refractivity contribution in [3.63, 3.8) is 0 Å². The molecule has 116 valence electrons. The summed E-state index contributed by atoms with van der Waals surface area (Å²) in [7, 11) is 0. The maximum absolute atomic E-state index is 9.49. The number of thioether (sulfide) groups is 1. The van der Waals surface area contributed by atoms with E-state index in [1.807, 2.05) is 30.0 Å². The molecule has 2 saturated heterocycles. The van der Waals surface area contributed by atoms with Crippen LogP contribution in [0.3, 0.4) is 0 Å². The third kappa shape index (κ3) is 3.76. The van der Waals surface area contributed by atoms with E-state index in [2.05, 4.69) is 15.9 Å². The number of rotatable bonds is 3. The van der Waals surface area contributed by atoms with E-state index >= 15 is 0 Å². The van der Waals surface area contributed by atoms with Crippen molar-refractivity contribution in [1.82, 2.24) is 0 Å². The highest BCUT2D eigenvalue weighted by atomic mass is 79.9. The Hall–Kier alpha value is -0.230. The molecule has 0 radical (unpaired) electrons. The third-order valence-corrected chi connectivity index (χ3v) is 5.82. The maximum atomic E-state index is 9.49. The zero-order chi connectivity index (χ0) is 14.7. The summed E-state index contributed by atoms with van der Waals surface area (Å²) in [5.41, 5.74) is 0.868. The van der Waals surface area contributed by atoms with Gasteiger partial charge in [-0.25, -0.2) is 0 Å². The molecule has 1 N–H and O–H groups in total. The quantitative estimate of drug-likeness (QED) is 0.876. The Morgan fingerprint density at radius 3 is 2.95 bits per heavy atom. The molecular formula is C16H21BrO3S. The first-order valence-corrected chi connectivity index (χ1v) is 9.43.